The van der Waals surface area contributed by atoms with E-state index >= 15 is 0 Å². The number of carbonyl (C=O) groups excluding carboxylic acids is 1. The molecule has 5 heteroatoms. The Morgan fingerprint density at radius 3 is 2.79 bits per heavy atom. The highest BCUT2D eigenvalue weighted by Crippen LogP contribution is 2.21. The van der Waals surface area contributed by atoms with Gasteiger partial charge in [0.05, 0.1) is 0 Å². The molecule has 106 valence electrons. The summed E-state index contributed by atoms with van der Waals surface area (Å²) in [7, 11) is 0. The number of aliphatic hydroxyl groups excluding tert-OH is 1. The fourth-order valence-corrected chi connectivity index (χ4v) is 2.57. The molecule has 0 bridgehead atoms. The van der Waals surface area contributed by atoms with E-state index in [9.17, 15) is 9.18 Å². The Balaban J connectivity index is 2.35. The molecule has 0 radical (unpaired) electrons. The summed E-state index contributed by atoms with van der Waals surface area (Å²) in [6, 6.07) is 6.57. The molecule has 0 unspecified atom stereocenters. The second kappa shape index (κ2) is 8.93. The van der Waals surface area contributed by atoms with Gasteiger partial charge in [-0.2, -0.15) is 0 Å². The van der Waals surface area contributed by atoms with E-state index in [-0.39, 0.29) is 18.3 Å². The van der Waals surface area contributed by atoms with Crippen molar-refractivity contribution in [1.82, 2.24) is 4.90 Å². The number of benzene rings is 1. The van der Waals surface area contributed by atoms with E-state index in [1.54, 1.807) is 23.1 Å². The van der Waals surface area contributed by atoms with Crippen LogP contribution in [-0.4, -0.2) is 41.4 Å². The van der Waals surface area contributed by atoms with Gasteiger partial charge in [0.1, 0.15) is 5.82 Å². The van der Waals surface area contributed by atoms with Crippen molar-refractivity contribution in [3.05, 3.63) is 30.1 Å². The van der Waals surface area contributed by atoms with Crippen molar-refractivity contribution in [2.45, 2.75) is 24.7 Å². The number of carbonyl (C=O) groups is 1. The van der Waals surface area contributed by atoms with E-state index in [1.165, 1.54) is 17.8 Å². The summed E-state index contributed by atoms with van der Waals surface area (Å²) < 4.78 is 13.4. The number of rotatable bonds is 8. The lowest BCUT2D eigenvalue weighted by molar-refractivity contribution is -0.130. The van der Waals surface area contributed by atoms with E-state index in [4.69, 9.17) is 5.11 Å². The highest BCUT2D eigenvalue weighted by molar-refractivity contribution is 7.99. The Kier molecular flexibility index (Phi) is 7.52. The van der Waals surface area contributed by atoms with Crippen LogP contribution in [-0.2, 0) is 4.79 Å². The summed E-state index contributed by atoms with van der Waals surface area (Å²) in [6.07, 6.45) is 0.984. The molecule has 0 saturated carbocycles. The van der Waals surface area contributed by atoms with Crippen molar-refractivity contribution < 1.29 is 14.3 Å². The Morgan fingerprint density at radius 2 is 2.16 bits per heavy atom. The Hall–Kier alpha value is -1.07. The van der Waals surface area contributed by atoms with Gasteiger partial charge in [-0.15, -0.1) is 11.8 Å². The van der Waals surface area contributed by atoms with Crippen molar-refractivity contribution >= 4 is 17.7 Å². The van der Waals surface area contributed by atoms with Crippen molar-refractivity contribution in [2.75, 3.05) is 25.4 Å². The van der Waals surface area contributed by atoms with Gasteiger partial charge in [-0.25, -0.2) is 4.39 Å². The maximum Gasteiger partial charge on any atom is 0.223 e. The minimum atomic E-state index is -0.243. The summed E-state index contributed by atoms with van der Waals surface area (Å²) in [6.45, 7) is 3.23. The van der Waals surface area contributed by atoms with Crippen molar-refractivity contribution in [3.63, 3.8) is 0 Å². The van der Waals surface area contributed by atoms with Gasteiger partial charge in [-0.3, -0.25) is 4.79 Å². The van der Waals surface area contributed by atoms with E-state index in [0.29, 0.717) is 36.6 Å². The van der Waals surface area contributed by atoms with Crippen LogP contribution >= 0.6 is 11.8 Å². The number of amides is 1. The van der Waals surface area contributed by atoms with Gasteiger partial charge in [0.2, 0.25) is 5.91 Å². The van der Waals surface area contributed by atoms with E-state index in [2.05, 4.69) is 0 Å². The van der Waals surface area contributed by atoms with Crippen LogP contribution in [0, 0.1) is 5.82 Å². The van der Waals surface area contributed by atoms with Crippen LogP contribution < -0.4 is 0 Å². The van der Waals surface area contributed by atoms with Gasteiger partial charge in [0.15, 0.2) is 0 Å². The third-order valence-corrected chi connectivity index (χ3v) is 3.78. The number of hydrogen-bond acceptors (Lipinski definition) is 3. The summed E-state index contributed by atoms with van der Waals surface area (Å²) >= 11 is 1.36. The van der Waals surface area contributed by atoms with Crippen molar-refractivity contribution in [3.8, 4) is 0 Å². The van der Waals surface area contributed by atoms with Gasteiger partial charge in [0, 0.05) is 36.8 Å². The van der Waals surface area contributed by atoms with Gasteiger partial charge in [-0.1, -0.05) is 12.1 Å². The molecule has 3 nitrogen and oxygen atoms in total. The minimum Gasteiger partial charge on any atom is -0.396 e. The van der Waals surface area contributed by atoms with E-state index < -0.39 is 0 Å². The minimum absolute atomic E-state index is 0.0554. The fourth-order valence-electron chi connectivity index (χ4n) is 1.69. The zero-order valence-corrected chi connectivity index (χ0v) is 12.0. The highest BCUT2D eigenvalue weighted by Gasteiger charge is 2.11. The first-order valence-electron chi connectivity index (χ1n) is 6.45. The molecule has 19 heavy (non-hydrogen) atoms. The molecule has 0 fully saturated rings. The first kappa shape index (κ1) is 16.0. The monoisotopic (exact) mass is 285 g/mol. The Morgan fingerprint density at radius 1 is 1.42 bits per heavy atom. The number of hydrogen-bond donors (Lipinski definition) is 1. The first-order chi connectivity index (χ1) is 9.19. The molecule has 0 heterocycles. The lowest BCUT2D eigenvalue weighted by Gasteiger charge is -2.20. The zero-order chi connectivity index (χ0) is 14.1. The van der Waals surface area contributed by atoms with Crippen LogP contribution in [0.1, 0.15) is 19.8 Å². The molecule has 0 aliphatic rings. The van der Waals surface area contributed by atoms with Gasteiger partial charge >= 0.3 is 0 Å². The third kappa shape index (κ3) is 5.61. The number of aliphatic hydroxyl groups is 1. The highest BCUT2D eigenvalue weighted by atomic mass is 32.2. The molecule has 0 atom stereocenters. The zero-order valence-electron chi connectivity index (χ0n) is 11.1. The van der Waals surface area contributed by atoms with Gasteiger partial charge in [-0.05, 0) is 25.5 Å². The predicted octanol–water partition coefficient (Wildman–Crippen LogP) is 2.54. The molecule has 1 aromatic carbocycles. The SMILES string of the molecule is CCN(CCCO)C(=O)CCSc1ccccc1F. The number of halogens is 1. The smallest absolute Gasteiger partial charge is 0.223 e. The fraction of sp³-hybridized carbons (Fsp3) is 0.500. The quantitative estimate of drug-likeness (QED) is 0.746. The van der Waals surface area contributed by atoms with E-state index in [0.717, 1.165) is 0 Å². The third-order valence-electron chi connectivity index (χ3n) is 2.73. The molecular weight excluding hydrogens is 265 g/mol. The molecular formula is C14H20FNO2S. The first-order valence-corrected chi connectivity index (χ1v) is 7.43. The van der Waals surface area contributed by atoms with Crippen LogP contribution in [0.4, 0.5) is 4.39 Å². The van der Waals surface area contributed by atoms with Gasteiger partial charge in [0.25, 0.3) is 0 Å². The average molecular weight is 285 g/mol. The number of nitrogens with zero attached hydrogens (tertiary/aromatic N) is 1. The lowest BCUT2D eigenvalue weighted by Crippen LogP contribution is -2.32. The predicted molar refractivity (Wildman–Crippen MR) is 75.7 cm³/mol. The average Bonchev–Trinajstić information content (AvgIpc) is 2.42. The van der Waals surface area contributed by atoms with Crippen LogP contribution in [0.2, 0.25) is 0 Å². The number of thioether (sulfide) groups is 1. The maximum atomic E-state index is 13.4. The molecule has 0 aromatic heterocycles. The summed E-state index contributed by atoms with van der Waals surface area (Å²) in [5.41, 5.74) is 0. The standard InChI is InChI=1S/C14H20FNO2S/c1-2-16(9-5-10-17)14(18)8-11-19-13-7-4-3-6-12(13)15/h3-4,6-7,17H,2,5,8-11H2,1H3. The molecule has 0 aliphatic heterocycles. The van der Waals surface area contributed by atoms with Gasteiger partial charge < -0.3 is 10.0 Å². The summed E-state index contributed by atoms with van der Waals surface area (Å²) in [4.78, 5) is 14.2. The van der Waals surface area contributed by atoms with Crippen molar-refractivity contribution in [1.29, 1.82) is 0 Å². The molecule has 0 spiro atoms. The van der Waals surface area contributed by atoms with Crippen LogP contribution in [0.3, 0.4) is 0 Å². The van der Waals surface area contributed by atoms with Crippen LogP contribution in [0.15, 0.2) is 29.2 Å². The second-order valence-corrected chi connectivity index (χ2v) is 5.22. The normalized spacial score (nSPS) is 10.5. The lowest BCUT2D eigenvalue weighted by atomic mass is 10.3. The van der Waals surface area contributed by atoms with Crippen LogP contribution in [0.25, 0.3) is 0 Å². The Bertz CT molecular complexity index is 401. The molecule has 1 aromatic rings. The Labute approximate surface area is 117 Å². The van der Waals surface area contributed by atoms with Crippen LogP contribution in [0.5, 0.6) is 0 Å². The largest absolute Gasteiger partial charge is 0.396 e. The topological polar surface area (TPSA) is 40.5 Å². The second-order valence-electron chi connectivity index (χ2n) is 4.08. The maximum absolute atomic E-state index is 13.4. The summed E-state index contributed by atoms with van der Waals surface area (Å²) in [5.74, 6) is 0.377. The van der Waals surface area contributed by atoms with E-state index in [1.807, 2.05) is 6.92 Å². The molecule has 0 aliphatic carbocycles. The molecule has 1 rings (SSSR count). The summed E-state index contributed by atoms with van der Waals surface area (Å²) in [5, 5.41) is 8.76. The van der Waals surface area contributed by atoms with Crippen molar-refractivity contribution in [2.24, 2.45) is 0 Å². The molecule has 1 amide bonds. The molecule has 1 N–H and O–H groups in total. The molecule has 0 saturated heterocycles.